The summed E-state index contributed by atoms with van der Waals surface area (Å²) in [6.45, 7) is 4.69. The molecule has 6 nitrogen and oxygen atoms in total. The molecule has 0 bridgehead atoms. The molecule has 1 saturated heterocycles. The fourth-order valence-electron chi connectivity index (χ4n) is 3.68. The number of aliphatic imine (C=N–C) groups is 1. The Kier molecular flexibility index (Phi) is 6.86. The predicted molar refractivity (Wildman–Crippen MR) is 114 cm³/mol. The summed E-state index contributed by atoms with van der Waals surface area (Å²) in [5, 5.41) is 6.90. The highest BCUT2D eigenvalue weighted by Gasteiger charge is 2.34. The molecular weight excluding hydrogens is 443 g/mol. The molecular formula is C19H29IN4O2. The van der Waals surface area contributed by atoms with E-state index in [1.807, 2.05) is 13.1 Å². The lowest BCUT2D eigenvalue weighted by Crippen LogP contribution is -2.41. The van der Waals surface area contributed by atoms with Crippen LogP contribution < -0.4 is 20.1 Å². The Morgan fingerprint density at radius 2 is 2.04 bits per heavy atom. The molecule has 3 aliphatic rings. The van der Waals surface area contributed by atoms with E-state index >= 15 is 0 Å². The van der Waals surface area contributed by atoms with Crippen molar-refractivity contribution < 1.29 is 9.47 Å². The molecule has 1 aromatic rings. The molecule has 0 spiro atoms. The highest BCUT2D eigenvalue weighted by atomic mass is 127. The highest BCUT2D eigenvalue weighted by Crippen LogP contribution is 2.32. The lowest BCUT2D eigenvalue weighted by atomic mass is 10.1. The Balaban J connectivity index is 0.00000196. The third-order valence-electron chi connectivity index (χ3n) is 5.31. The minimum absolute atomic E-state index is 0. The van der Waals surface area contributed by atoms with E-state index in [-0.39, 0.29) is 24.0 Å². The van der Waals surface area contributed by atoms with Crippen LogP contribution in [0.3, 0.4) is 0 Å². The molecule has 0 radical (unpaired) electrons. The molecule has 144 valence electrons. The first-order chi connectivity index (χ1) is 12.3. The van der Waals surface area contributed by atoms with Crippen LogP contribution in [0.15, 0.2) is 23.2 Å². The predicted octanol–water partition coefficient (Wildman–Crippen LogP) is 2.23. The van der Waals surface area contributed by atoms with E-state index in [2.05, 4.69) is 32.7 Å². The Labute approximate surface area is 172 Å². The molecule has 2 heterocycles. The Morgan fingerprint density at radius 1 is 1.19 bits per heavy atom. The number of benzene rings is 1. The van der Waals surface area contributed by atoms with E-state index in [0.717, 1.165) is 48.9 Å². The number of hydrogen-bond donors (Lipinski definition) is 2. The van der Waals surface area contributed by atoms with Crippen LogP contribution in [0.25, 0.3) is 0 Å². The summed E-state index contributed by atoms with van der Waals surface area (Å²) in [4.78, 5) is 7.00. The molecule has 7 heteroatoms. The zero-order chi connectivity index (χ0) is 17.1. The standard InChI is InChI=1S/C19H28N4O2.HI/c1-20-19(22-11-15-7-9-23(12-15)16-3-4-16)21-8-6-14-2-5-17-18(10-14)25-13-24-17;/h2,5,10,15-16H,3-4,6-9,11-13H2,1H3,(H2,20,21,22);1H. The van der Waals surface area contributed by atoms with Crippen molar-refractivity contribution in [1.29, 1.82) is 0 Å². The normalized spacial score (nSPS) is 22.2. The van der Waals surface area contributed by atoms with E-state index < -0.39 is 0 Å². The minimum atomic E-state index is 0. The summed E-state index contributed by atoms with van der Waals surface area (Å²) in [5.74, 6) is 3.33. The van der Waals surface area contributed by atoms with Crippen LogP contribution in [0, 0.1) is 5.92 Å². The fraction of sp³-hybridized carbons (Fsp3) is 0.632. The van der Waals surface area contributed by atoms with Crippen molar-refractivity contribution in [2.75, 3.05) is 40.0 Å². The molecule has 1 aromatic carbocycles. The zero-order valence-electron chi connectivity index (χ0n) is 15.4. The van der Waals surface area contributed by atoms with Gasteiger partial charge in [0.25, 0.3) is 0 Å². The molecule has 4 rings (SSSR count). The molecule has 2 N–H and O–H groups in total. The van der Waals surface area contributed by atoms with Gasteiger partial charge in [0.15, 0.2) is 17.5 Å². The maximum absolute atomic E-state index is 5.43. The van der Waals surface area contributed by atoms with Crippen molar-refractivity contribution in [1.82, 2.24) is 15.5 Å². The van der Waals surface area contributed by atoms with Gasteiger partial charge in [-0.3, -0.25) is 4.99 Å². The van der Waals surface area contributed by atoms with Gasteiger partial charge in [-0.1, -0.05) is 6.07 Å². The van der Waals surface area contributed by atoms with Gasteiger partial charge in [-0.25, -0.2) is 0 Å². The van der Waals surface area contributed by atoms with Crippen LogP contribution in [0.5, 0.6) is 11.5 Å². The van der Waals surface area contributed by atoms with Crippen molar-refractivity contribution in [2.24, 2.45) is 10.9 Å². The number of halogens is 1. The maximum Gasteiger partial charge on any atom is 0.231 e. The number of ether oxygens (including phenoxy) is 2. The summed E-state index contributed by atoms with van der Waals surface area (Å²) in [7, 11) is 1.83. The van der Waals surface area contributed by atoms with Gasteiger partial charge in [-0.2, -0.15) is 0 Å². The summed E-state index contributed by atoms with van der Waals surface area (Å²) in [6, 6.07) is 7.03. The van der Waals surface area contributed by atoms with Crippen LogP contribution in [0.1, 0.15) is 24.8 Å². The lowest BCUT2D eigenvalue weighted by molar-refractivity contribution is 0.174. The number of likely N-dealkylation sites (tertiary alicyclic amines) is 1. The first-order valence-electron chi connectivity index (χ1n) is 9.39. The zero-order valence-corrected chi connectivity index (χ0v) is 17.7. The van der Waals surface area contributed by atoms with Crippen LogP contribution in [0.2, 0.25) is 0 Å². The third-order valence-corrected chi connectivity index (χ3v) is 5.31. The number of fused-ring (bicyclic) bond motifs is 1. The van der Waals surface area contributed by atoms with Crippen LogP contribution in [0.4, 0.5) is 0 Å². The maximum atomic E-state index is 5.43. The van der Waals surface area contributed by atoms with E-state index in [9.17, 15) is 0 Å². The molecule has 1 unspecified atom stereocenters. The first-order valence-corrected chi connectivity index (χ1v) is 9.39. The fourth-order valence-corrected chi connectivity index (χ4v) is 3.68. The average Bonchev–Trinajstić information content (AvgIpc) is 3.19. The lowest BCUT2D eigenvalue weighted by Gasteiger charge is -2.17. The molecule has 2 fully saturated rings. The second-order valence-corrected chi connectivity index (χ2v) is 7.20. The molecule has 0 aromatic heterocycles. The van der Waals surface area contributed by atoms with Gasteiger partial charge in [0, 0.05) is 32.7 Å². The Bertz CT molecular complexity index is 636. The Hall–Kier alpha value is -1.22. The second-order valence-electron chi connectivity index (χ2n) is 7.20. The van der Waals surface area contributed by atoms with Crippen molar-refractivity contribution >= 4 is 29.9 Å². The van der Waals surface area contributed by atoms with Crippen molar-refractivity contribution in [2.45, 2.75) is 31.7 Å². The van der Waals surface area contributed by atoms with Crippen molar-refractivity contribution in [3.8, 4) is 11.5 Å². The number of guanidine groups is 1. The smallest absolute Gasteiger partial charge is 0.231 e. The molecule has 1 aliphatic carbocycles. The number of nitrogens with one attached hydrogen (secondary N) is 2. The molecule has 1 atom stereocenters. The van der Waals surface area contributed by atoms with E-state index in [1.54, 1.807) is 0 Å². The summed E-state index contributed by atoms with van der Waals surface area (Å²) < 4.78 is 10.8. The van der Waals surface area contributed by atoms with Gasteiger partial charge < -0.3 is 25.0 Å². The first kappa shape index (κ1) is 19.5. The van der Waals surface area contributed by atoms with Gasteiger partial charge >= 0.3 is 0 Å². The van der Waals surface area contributed by atoms with E-state index in [0.29, 0.717) is 6.79 Å². The molecule has 2 aliphatic heterocycles. The van der Waals surface area contributed by atoms with Crippen molar-refractivity contribution in [3.63, 3.8) is 0 Å². The van der Waals surface area contributed by atoms with Gasteiger partial charge in [0.1, 0.15) is 0 Å². The van der Waals surface area contributed by atoms with Crippen molar-refractivity contribution in [3.05, 3.63) is 23.8 Å². The summed E-state index contributed by atoms with van der Waals surface area (Å²) in [5.41, 5.74) is 1.24. The number of rotatable bonds is 6. The van der Waals surface area contributed by atoms with E-state index in [4.69, 9.17) is 9.47 Å². The van der Waals surface area contributed by atoms with E-state index in [1.165, 1.54) is 37.9 Å². The molecule has 26 heavy (non-hydrogen) atoms. The van der Waals surface area contributed by atoms with Gasteiger partial charge in [0.05, 0.1) is 0 Å². The van der Waals surface area contributed by atoms with Gasteiger partial charge in [-0.05, 0) is 55.8 Å². The minimum Gasteiger partial charge on any atom is -0.454 e. The largest absolute Gasteiger partial charge is 0.454 e. The van der Waals surface area contributed by atoms with Crippen LogP contribution >= 0.6 is 24.0 Å². The highest BCUT2D eigenvalue weighted by molar-refractivity contribution is 14.0. The quantitative estimate of drug-likeness (QED) is 0.378. The Morgan fingerprint density at radius 3 is 2.85 bits per heavy atom. The topological polar surface area (TPSA) is 58.1 Å². The summed E-state index contributed by atoms with van der Waals surface area (Å²) >= 11 is 0. The average molecular weight is 472 g/mol. The number of hydrogen-bond acceptors (Lipinski definition) is 4. The second kappa shape index (κ2) is 9.12. The van der Waals surface area contributed by atoms with Gasteiger partial charge in [-0.15, -0.1) is 24.0 Å². The number of nitrogens with zero attached hydrogens (tertiary/aromatic N) is 2. The van der Waals surface area contributed by atoms with Crippen LogP contribution in [-0.2, 0) is 6.42 Å². The molecule has 0 amide bonds. The monoisotopic (exact) mass is 472 g/mol. The molecule has 1 saturated carbocycles. The van der Waals surface area contributed by atoms with Gasteiger partial charge in [0.2, 0.25) is 6.79 Å². The summed E-state index contributed by atoms with van der Waals surface area (Å²) in [6.07, 6.45) is 5.04. The SMILES string of the molecule is CN=C(NCCc1ccc2c(c1)OCO2)NCC1CCN(C2CC2)C1.I. The third kappa shape index (κ3) is 4.94. The van der Waals surface area contributed by atoms with Crippen LogP contribution in [-0.4, -0.2) is 56.9 Å².